The third kappa shape index (κ3) is 3.41. The molecule has 3 aromatic rings. The van der Waals surface area contributed by atoms with E-state index in [4.69, 9.17) is 10.00 Å². The molecule has 3 rings (SSSR count). The minimum absolute atomic E-state index is 0.0975. The summed E-state index contributed by atoms with van der Waals surface area (Å²) >= 11 is 3.36. The van der Waals surface area contributed by atoms with Gasteiger partial charge in [-0.1, -0.05) is 15.9 Å². The van der Waals surface area contributed by atoms with Crippen LogP contribution >= 0.6 is 15.9 Å². The maximum Gasteiger partial charge on any atom is 0.261 e. The topological polar surface area (TPSA) is 67.9 Å². The summed E-state index contributed by atoms with van der Waals surface area (Å²) in [6.07, 6.45) is 1.53. The van der Waals surface area contributed by atoms with Gasteiger partial charge in [0, 0.05) is 4.47 Å². The van der Waals surface area contributed by atoms with E-state index in [1.807, 2.05) is 6.07 Å². The zero-order chi connectivity index (χ0) is 16.2. The summed E-state index contributed by atoms with van der Waals surface area (Å²) < 4.78 is 7.96. The monoisotopic (exact) mass is 369 g/mol. The number of ether oxygens (including phenoxy) is 1. The van der Waals surface area contributed by atoms with Crippen LogP contribution in [0.2, 0.25) is 0 Å². The standard InChI is InChI=1S/C17H12BrN3O2/c18-13-3-6-16-15(9-13)17(22)21(11-20-16)7-8-23-14-4-1-12(10-19)2-5-14/h1-6,9,11H,7-8H2. The molecule has 0 saturated heterocycles. The Kier molecular flexibility index (Phi) is 4.40. The Hall–Kier alpha value is -2.65. The molecular weight excluding hydrogens is 358 g/mol. The summed E-state index contributed by atoms with van der Waals surface area (Å²) in [5, 5.41) is 9.32. The summed E-state index contributed by atoms with van der Waals surface area (Å²) in [4.78, 5) is 16.7. The number of hydrogen-bond donors (Lipinski definition) is 0. The van der Waals surface area contributed by atoms with Crippen LogP contribution in [-0.4, -0.2) is 16.2 Å². The fourth-order valence-corrected chi connectivity index (χ4v) is 2.54. The summed E-state index contributed by atoms with van der Waals surface area (Å²) in [7, 11) is 0. The Labute approximate surface area is 140 Å². The van der Waals surface area contributed by atoms with Gasteiger partial charge in [0.05, 0.1) is 35.4 Å². The van der Waals surface area contributed by atoms with Crippen molar-refractivity contribution in [1.29, 1.82) is 5.26 Å². The van der Waals surface area contributed by atoms with Crippen LogP contribution in [0.25, 0.3) is 10.9 Å². The summed E-state index contributed by atoms with van der Waals surface area (Å²) in [5.74, 6) is 0.661. The maximum absolute atomic E-state index is 12.4. The van der Waals surface area contributed by atoms with Crippen LogP contribution in [0.5, 0.6) is 5.75 Å². The van der Waals surface area contributed by atoms with Gasteiger partial charge in [0.1, 0.15) is 12.4 Å². The largest absolute Gasteiger partial charge is 0.492 e. The van der Waals surface area contributed by atoms with Gasteiger partial charge in [0.25, 0.3) is 5.56 Å². The van der Waals surface area contributed by atoms with E-state index in [2.05, 4.69) is 27.0 Å². The zero-order valence-electron chi connectivity index (χ0n) is 12.1. The first-order chi connectivity index (χ1) is 11.2. The first-order valence-corrected chi connectivity index (χ1v) is 7.74. The zero-order valence-corrected chi connectivity index (χ0v) is 13.7. The Balaban J connectivity index is 1.73. The van der Waals surface area contributed by atoms with Gasteiger partial charge < -0.3 is 4.74 Å². The predicted octanol–water partition coefficient (Wildman–Crippen LogP) is 3.11. The van der Waals surface area contributed by atoms with Crippen molar-refractivity contribution in [2.75, 3.05) is 6.61 Å². The lowest BCUT2D eigenvalue weighted by Gasteiger charge is -2.09. The lowest BCUT2D eigenvalue weighted by molar-refractivity contribution is 0.296. The molecule has 114 valence electrons. The first-order valence-electron chi connectivity index (χ1n) is 6.95. The van der Waals surface area contributed by atoms with Gasteiger partial charge in [-0.25, -0.2) is 4.98 Å². The van der Waals surface area contributed by atoms with Crippen molar-refractivity contribution in [3.8, 4) is 11.8 Å². The Morgan fingerprint density at radius 3 is 2.74 bits per heavy atom. The Bertz CT molecular complexity index is 943. The number of fused-ring (bicyclic) bond motifs is 1. The van der Waals surface area contributed by atoms with Gasteiger partial charge in [-0.05, 0) is 42.5 Å². The van der Waals surface area contributed by atoms with E-state index in [9.17, 15) is 4.79 Å². The molecule has 6 heteroatoms. The quantitative estimate of drug-likeness (QED) is 0.708. The Morgan fingerprint density at radius 2 is 2.00 bits per heavy atom. The molecule has 1 aromatic heterocycles. The highest BCUT2D eigenvalue weighted by molar-refractivity contribution is 9.10. The third-order valence-corrected chi connectivity index (χ3v) is 3.86. The van der Waals surface area contributed by atoms with Crippen molar-refractivity contribution >= 4 is 26.8 Å². The average Bonchev–Trinajstić information content (AvgIpc) is 2.58. The van der Waals surface area contributed by atoms with E-state index >= 15 is 0 Å². The van der Waals surface area contributed by atoms with Gasteiger partial charge in [-0.3, -0.25) is 9.36 Å². The molecule has 0 N–H and O–H groups in total. The van der Waals surface area contributed by atoms with E-state index in [0.717, 1.165) is 4.47 Å². The molecule has 0 atom stereocenters. The van der Waals surface area contributed by atoms with E-state index in [1.54, 1.807) is 36.4 Å². The molecule has 0 amide bonds. The van der Waals surface area contributed by atoms with E-state index in [-0.39, 0.29) is 5.56 Å². The molecule has 0 unspecified atom stereocenters. The minimum Gasteiger partial charge on any atom is -0.492 e. The van der Waals surface area contributed by atoms with Crippen LogP contribution in [0.1, 0.15) is 5.56 Å². The highest BCUT2D eigenvalue weighted by Crippen LogP contribution is 2.15. The highest BCUT2D eigenvalue weighted by atomic mass is 79.9. The molecule has 0 spiro atoms. The van der Waals surface area contributed by atoms with Gasteiger partial charge in [0.15, 0.2) is 0 Å². The third-order valence-electron chi connectivity index (χ3n) is 3.37. The Morgan fingerprint density at radius 1 is 1.22 bits per heavy atom. The molecule has 0 aliphatic heterocycles. The number of rotatable bonds is 4. The summed E-state index contributed by atoms with van der Waals surface area (Å²) in [5.41, 5.74) is 1.15. The summed E-state index contributed by atoms with van der Waals surface area (Å²) in [6.45, 7) is 0.737. The van der Waals surface area contributed by atoms with Crippen molar-refractivity contribution in [1.82, 2.24) is 9.55 Å². The second kappa shape index (κ2) is 6.63. The van der Waals surface area contributed by atoms with Gasteiger partial charge in [-0.2, -0.15) is 5.26 Å². The molecule has 5 nitrogen and oxygen atoms in total. The van der Waals surface area contributed by atoms with E-state index < -0.39 is 0 Å². The molecule has 0 aliphatic carbocycles. The molecule has 23 heavy (non-hydrogen) atoms. The van der Waals surface area contributed by atoms with Crippen molar-refractivity contribution in [2.24, 2.45) is 0 Å². The lowest BCUT2D eigenvalue weighted by Crippen LogP contribution is -2.23. The molecule has 0 aliphatic rings. The highest BCUT2D eigenvalue weighted by Gasteiger charge is 2.05. The predicted molar refractivity (Wildman–Crippen MR) is 90.4 cm³/mol. The second-order valence-corrected chi connectivity index (χ2v) is 5.80. The fraction of sp³-hybridized carbons (Fsp3) is 0.118. The van der Waals surface area contributed by atoms with Crippen molar-refractivity contribution in [3.05, 3.63) is 69.2 Å². The van der Waals surface area contributed by atoms with Crippen LogP contribution in [0.4, 0.5) is 0 Å². The van der Waals surface area contributed by atoms with Crippen LogP contribution in [0.3, 0.4) is 0 Å². The molecule has 2 aromatic carbocycles. The number of hydrogen-bond acceptors (Lipinski definition) is 4. The average molecular weight is 370 g/mol. The number of nitrogens with zero attached hydrogens (tertiary/aromatic N) is 3. The normalized spacial score (nSPS) is 10.4. The van der Waals surface area contributed by atoms with Crippen molar-refractivity contribution in [3.63, 3.8) is 0 Å². The van der Waals surface area contributed by atoms with Crippen LogP contribution < -0.4 is 10.3 Å². The smallest absolute Gasteiger partial charge is 0.261 e. The number of nitriles is 1. The van der Waals surface area contributed by atoms with Crippen LogP contribution in [0, 0.1) is 11.3 Å². The lowest BCUT2D eigenvalue weighted by atomic mass is 10.2. The van der Waals surface area contributed by atoms with Crippen LogP contribution in [-0.2, 0) is 6.54 Å². The fourth-order valence-electron chi connectivity index (χ4n) is 2.18. The van der Waals surface area contributed by atoms with Gasteiger partial charge in [-0.15, -0.1) is 0 Å². The van der Waals surface area contributed by atoms with Crippen molar-refractivity contribution < 1.29 is 4.74 Å². The summed E-state index contributed by atoms with van der Waals surface area (Å²) in [6, 6.07) is 14.3. The van der Waals surface area contributed by atoms with Crippen molar-refractivity contribution in [2.45, 2.75) is 6.54 Å². The SMILES string of the molecule is N#Cc1ccc(OCCn2cnc3ccc(Br)cc3c2=O)cc1. The molecule has 1 heterocycles. The number of halogens is 1. The molecule has 0 radical (unpaired) electrons. The number of aromatic nitrogens is 2. The maximum atomic E-state index is 12.4. The molecule has 0 saturated carbocycles. The molecule has 0 bridgehead atoms. The number of benzene rings is 2. The minimum atomic E-state index is -0.0975. The molecular formula is C17H12BrN3O2. The molecule has 0 fully saturated rings. The second-order valence-electron chi connectivity index (χ2n) is 4.89. The van der Waals surface area contributed by atoms with Crippen LogP contribution in [0.15, 0.2) is 58.1 Å². The van der Waals surface area contributed by atoms with Gasteiger partial charge >= 0.3 is 0 Å². The first kappa shape index (κ1) is 15.3. The van der Waals surface area contributed by atoms with Gasteiger partial charge in [0.2, 0.25) is 0 Å². The van der Waals surface area contributed by atoms with E-state index in [1.165, 1.54) is 10.9 Å². The van der Waals surface area contributed by atoms with E-state index in [0.29, 0.717) is 35.4 Å².